The maximum atomic E-state index is 12.9. The van der Waals surface area contributed by atoms with Gasteiger partial charge in [-0.2, -0.15) is 0 Å². The summed E-state index contributed by atoms with van der Waals surface area (Å²) in [6, 6.07) is 0. The highest BCUT2D eigenvalue weighted by atomic mass is 16.7. The van der Waals surface area contributed by atoms with Crippen molar-refractivity contribution in [3.63, 3.8) is 0 Å². The Bertz CT molecular complexity index is 1570. The van der Waals surface area contributed by atoms with Gasteiger partial charge < -0.3 is 33.3 Å². The lowest BCUT2D eigenvalue weighted by Gasteiger charge is -2.26. The Morgan fingerprint density at radius 3 is 1.09 bits per heavy atom. The summed E-state index contributed by atoms with van der Waals surface area (Å²) >= 11 is 0. The van der Waals surface area contributed by atoms with Gasteiger partial charge in [-0.3, -0.25) is 9.59 Å². The van der Waals surface area contributed by atoms with Crippen molar-refractivity contribution in [3.8, 4) is 0 Å². The van der Waals surface area contributed by atoms with Crippen molar-refractivity contribution in [2.75, 3.05) is 47.5 Å². The molecule has 0 fully saturated rings. The lowest BCUT2D eigenvalue weighted by atomic mass is 10.0. The van der Waals surface area contributed by atoms with Crippen LogP contribution >= 0.6 is 0 Å². The van der Waals surface area contributed by atoms with Crippen LogP contribution in [-0.2, 0) is 33.3 Å². The molecule has 0 aromatic heterocycles. The van der Waals surface area contributed by atoms with Gasteiger partial charge in [-0.05, 0) is 89.9 Å². The van der Waals surface area contributed by atoms with Gasteiger partial charge in [-0.25, -0.2) is 0 Å². The second kappa shape index (κ2) is 60.6. The minimum atomic E-state index is -1.62. The lowest BCUT2D eigenvalue weighted by Crippen LogP contribution is -2.44. The van der Waals surface area contributed by atoms with Crippen LogP contribution in [0.25, 0.3) is 0 Å². The first kappa shape index (κ1) is 75.5. The van der Waals surface area contributed by atoms with Crippen molar-refractivity contribution >= 4 is 17.9 Å². The smallest absolute Gasteiger partial charge is 0.306 e. The summed E-state index contributed by atoms with van der Waals surface area (Å²) < 4.78 is 22.8. The number of hydrogen-bond donors (Lipinski definition) is 0. The molecule has 0 saturated carbocycles. The van der Waals surface area contributed by atoms with Gasteiger partial charge >= 0.3 is 11.9 Å². The Morgan fingerprint density at radius 2 is 0.722 bits per heavy atom. The van der Waals surface area contributed by atoms with Gasteiger partial charge in [0.2, 0.25) is 0 Å². The van der Waals surface area contributed by atoms with Crippen molar-refractivity contribution in [1.29, 1.82) is 0 Å². The van der Waals surface area contributed by atoms with E-state index in [-0.39, 0.29) is 38.6 Å². The molecule has 9 nitrogen and oxygen atoms in total. The number of unbranched alkanes of at least 4 members (excludes halogenated alkanes) is 31. The monoisotopic (exact) mass is 1110 g/mol. The summed E-state index contributed by atoms with van der Waals surface area (Å²) in [6.45, 7) is 4.65. The van der Waals surface area contributed by atoms with Crippen LogP contribution in [0.15, 0.2) is 85.1 Å². The van der Waals surface area contributed by atoms with Crippen LogP contribution < -0.4 is 5.11 Å². The molecule has 0 aliphatic heterocycles. The van der Waals surface area contributed by atoms with Crippen LogP contribution in [-0.4, -0.2) is 82.3 Å². The van der Waals surface area contributed by atoms with E-state index in [1.165, 1.54) is 173 Å². The Balaban J connectivity index is 4.11. The number of hydrogen-bond acceptors (Lipinski definition) is 8. The van der Waals surface area contributed by atoms with Crippen LogP contribution in [0.4, 0.5) is 0 Å². The zero-order valence-corrected chi connectivity index (χ0v) is 52.0. The molecular weight excluding hydrogens is 983 g/mol. The van der Waals surface area contributed by atoms with Gasteiger partial charge in [-0.1, -0.05) is 266 Å². The number of likely N-dealkylation sites (N-methyl/N-ethyl adjacent to an activating group) is 1. The first-order valence-corrected chi connectivity index (χ1v) is 32.7. The van der Waals surface area contributed by atoms with Crippen molar-refractivity contribution in [3.05, 3.63) is 85.1 Å². The standard InChI is InChI=1S/C70H123NO8/c1-6-8-10-12-14-16-18-20-22-24-26-27-28-29-30-31-32-33-34-35-36-37-38-39-40-41-43-45-47-49-51-53-55-57-59-61-68(73)79-66(65-78-70(69(74)75)76-63-62-71(3,4)5)64-77-67(72)60-58-56-54-52-50-48-46-44-42-25-23-21-19-17-15-13-11-9-7-2/h8,10,14,16,20-23,26-27,29-30,32-33,66,70H,6-7,9,11-13,15,17-19,24-25,28,31,34-65H2,1-5H3/b10-8-,16-14-,22-20-,23-21-,27-26-,30-29-,33-32-. The normalized spacial score (nSPS) is 13.3. The molecule has 0 rings (SSSR count). The molecule has 0 amide bonds. The van der Waals surface area contributed by atoms with Crippen LogP contribution in [0.5, 0.6) is 0 Å². The molecule has 0 saturated heterocycles. The van der Waals surface area contributed by atoms with Crippen molar-refractivity contribution in [2.24, 2.45) is 0 Å². The van der Waals surface area contributed by atoms with Crippen molar-refractivity contribution in [1.82, 2.24) is 0 Å². The SMILES string of the molecule is CC/C=C\C/C=C\C/C=C\C/C=C\C/C=C\C/C=C\CCCCCCCCCCCCCCCCCCC(=O)OC(COC(=O)CCCCCCCCCCC/C=C\CCCCCCCC)COC(OCC[N+](C)(C)C)C(=O)[O-]. The molecule has 0 N–H and O–H groups in total. The topological polar surface area (TPSA) is 111 Å². The predicted molar refractivity (Wildman–Crippen MR) is 334 cm³/mol. The van der Waals surface area contributed by atoms with Gasteiger partial charge in [0.15, 0.2) is 12.4 Å². The third-order valence-electron chi connectivity index (χ3n) is 14.1. The predicted octanol–water partition coefficient (Wildman–Crippen LogP) is 18.6. The lowest BCUT2D eigenvalue weighted by molar-refractivity contribution is -0.870. The molecule has 2 atom stereocenters. The Hall–Kier alpha value is -3.53. The molecule has 9 heteroatoms. The Morgan fingerprint density at radius 1 is 0.392 bits per heavy atom. The average molecular weight is 1110 g/mol. The quantitative estimate of drug-likeness (QED) is 0.0195. The van der Waals surface area contributed by atoms with Crippen LogP contribution in [0.2, 0.25) is 0 Å². The number of carboxylic acid groups (broad SMARTS) is 1. The van der Waals surface area contributed by atoms with E-state index in [9.17, 15) is 19.5 Å². The molecule has 0 aliphatic carbocycles. The molecule has 0 aromatic carbocycles. The molecule has 0 spiro atoms. The first-order valence-electron chi connectivity index (χ1n) is 32.7. The highest BCUT2D eigenvalue weighted by molar-refractivity contribution is 5.70. The molecule has 2 unspecified atom stereocenters. The van der Waals surface area contributed by atoms with Crippen molar-refractivity contribution in [2.45, 2.75) is 296 Å². The number of allylic oxidation sites excluding steroid dienone is 14. The fraction of sp³-hybridized carbons (Fsp3) is 0.757. The number of rotatable bonds is 60. The van der Waals surface area contributed by atoms with E-state index >= 15 is 0 Å². The van der Waals surface area contributed by atoms with Crippen LogP contribution in [0, 0.1) is 0 Å². The van der Waals surface area contributed by atoms with E-state index in [2.05, 4.69) is 98.9 Å². The average Bonchev–Trinajstić information content (AvgIpc) is 3.42. The Kier molecular flexibility index (Phi) is 57.9. The summed E-state index contributed by atoms with van der Waals surface area (Å²) in [5.74, 6) is -2.28. The fourth-order valence-electron chi connectivity index (χ4n) is 9.12. The van der Waals surface area contributed by atoms with E-state index in [1.807, 2.05) is 21.1 Å². The van der Waals surface area contributed by atoms with Gasteiger partial charge in [0.1, 0.15) is 13.2 Å². The van der Waals surface area contributed by atoms with E-state index in [1.54, 1.807) is 0 Å². The number of esters is 2. The zero-order valence-electron chi connectivity index (χ0n) is 52.0. The van der Waals surface area contributed by atoms with Gasteiger partial charge in [0.05, 0.1) is 40.3 Å². The van der Waals surface area contributed by atoms with E-state index in [0.29, 0.717) is 17.4 Å². The molecule has 0 aliphatic rings. The van der Waals surface area contributed by atoms with Crippen LogP contribution in [0.1, 0.15) is 284 Å². The second-order valence-corrected chi connectivity index (χ2v) is 23.0. The maximum Gasteiger partial charge on any atom is 0.306 e. The minimum Gasteiger partial charge on any atom is -0.545 e. The molecule has 0 bridgehead atoms. The third-order valence-corrected chi connectivity index (χ3v) is 14.1. The van der Waals surface area contributed by atoms with Crippen molar-refractivity contribution < 1.29 is 42.9 Å². The second-order valence-electron chi connectivity index (χ2n) is 23.0. The number of aliphatic carboxylic acids is 1. The molecule has 0 aromatic rings. The molecule has 0 heterocycles. The third kappa shape index (κ3) is 61.9. The molecule has 456 valence electrons. The fourth-order valence-corrected chi connectivity index (χ4v) is 9.12. The summed E-state index contributed by atoms with van der Waals surface area (Å²) in [5, 5.41) is 11.8. The number of nitrogens with zero attached hydrogens (tertiary/aromatic N) is 1. The van der Waals surface area contributed by atoms with E-state index in [4.69, 9.17) is 18.9 Å². The summed E-state index contributed by atoms with van der Waals surface area (Å²) in [5.41, 5.74) is 0. The number of carbonyl (C=O) groups is 3. The highest BCUT2D eigenvalue weighted by Gasteiger charge is 2.22. The zero-order chi connectivity index (χ0) is 57.6. The molecular formula is C70H123NO8. The summed E-state index contributed by atoms with van der Waals surface area (Å²) in [7, 11) is 5.93. The van der Waals surface area contributed by atoms with E-state index in [0.717, 1.165) is 77.0 Å². The molecule has 0 radical (unpaired) electrons. The Labute approximate surface area is 487 Å². The van der Waals surface area contributed by atoms with Gasteiger partial charge in [-0.15, -0.1) is 0 Å². The largest absolute Gasteiger partial charge is 0.545 e. The van der Waals surface area contributed by atoms with E-state index < -0.39 is 24.3 Å². The number of carbonyl (C=O) groups excluding carboxylic acids is 3. The van der Waals surface area contributed by atoms with Crippen LogP contribution in [0.3, 0.4) is 0 Å². The van der Waals surface area contributed by atoms with Gasteiger partial charge in [0.25, 0.3) is 0 Å². The number of quaternary nitrogens is 1. The summed E-state index contributed by atoms with van der Waals surface area (Å²) in [4.78, 5) is 37.4. The number of ether oxygens (including phenoxy) is 4. The minimum absolute atomic E-state index is 0.146. The van der Waals surface area contributed by atoms with Gasteiger partial charge in [0, 0.05) is 12.8 Å². The highest BCUT2D eigenvalue weighted by Crippen LogP contribution is 2.17. The molecule has 79 heavy (non-hydrogen) atoms. The first-order chi connectivity index (χ1) is 38.6. The number of carboxylic acids is 1. The summed E-state index contributed by atoms with van der Waals surface area (Å²) in [6.07, 6.45) is 77.9. The maximum absolute atomic E-state index is 12.9.